The second-order valence-corrected chi connectivity index (χ2v) is 4.31. The summed E-state index contributed by atoms with van der Waals surface area (Å²) in [6.45, 7) is 0.166. The Bertz CT molecular complexity index is 368. The highest BCUT2D eigenvalue weighted by Crippen LogP contribution is 2.50. The average Bonchev–Trinajstić information content (AvgIpc) is 2.15. The second kappa shape index (κ2) is 4.04. The van der Waals surface area contributed by atoms with Gasteiger partial charge in [-0.25, -0.2) is 0 Å². The van der Waals surface area contributed by atoms with Crippen LogP contribution in [-0.4, -0.2) is 12.8 Å². The lowest BCUT2D eigenvalue weighted by atomic mass is 9.85. The molecular weight excluding hydrogens is 285 g/mol. The summed E-state index contributed by atoms with van der Waals surface area (Å²) in [5, 5.41) is 0.632. The van der Waals surface area contributed by atoms with Gasteiger partial charge in [-0.05, 0) is 11.1 Å². The van der Waals surface area contributed by atoms with E-state index in [-0.39, 0.29) is 18.6 Å². The van der Waals surface area contributed by atoms with Crippen molar-refractivity contribution in [3.8, 4) is 0 Å². The molecule has 1 saturated heterocycles. The Balaban J connectivity index is 2.34. The van der Waals surface area contributed by atoms with Crippen molar-refractivity contribution in [1.82, 2.24) is 0 Å². The molecule has 88 valence electrons. The molecular formula is C11H10BrF3O. The fourth-order valence-electron chi connectivity index (χ4n) is 1.78. The van der Waals surface area contributed by atoms with Crippen LogP contribution in [0.2, 0.25) is 0 Å². The molecule has 0 spiro atoms. The fourth-order valence-corrected chi connectivity index (χ4v) is 2.16. The van der Waals surface area contributed by atoms with E-state index >= 15 is 0 Å². The molecule has 0 aromatic heterocycles. The van der Waals surface area contributed by atoms with E-state index in [9.17, 15) is 13.2 Å². The van der Waals surface area contributed by atoms with Gasteiger partial charge in [-0.15, -0.1) is 0 Å². The third kappa shape index (κ3) is 1.76. The van der Waals surface area contributed by atoms with Gasteiger partial charge in [0, 0.05) is 11.8 Å². The van der Waals surface area contributed by atoms with Crippen LogP contribution in [0.3, 0.4) is 0 Å². The van der Waals surface area contributed by atoms with E-state index in [0.29, 0.717) is 5.33 Å². The van der Waals surface area contributed by atoms with Crippen molar-refractivity contribution in [1.29, 1.82) is 0 Å². The second-order valence-electron chi connectivity index (χ2n) is 3.75. The Morgan fingerprint density at radius 1 is 1.25 bits per heavy atom. The van der Waals surface area contributed by atoms with Crippen LogP contribution in [0, 0.1) is 0 Å². The van der Waals surface area contributed by atoms with Gasteiger partial charge in [-0.2, -0.15) is 13.2 Å². The third-order valence-electron chi connectivity index (χ3n) is 2.84. The summed E-state index contributed by atoms with van der Waals surface area (Å²) < 4.78 is 43.5. The predicted octanol–water partition coefficient (Wildman–Crippen LogP) is 3.76. The SMILES string of the molecule is FC(F)(F)C1(c2ccc(CBr)cc2)CCO1. The van der Waals surface area contributed by atoms with Gasteiger partial charge in [0.05, 0.1) is 6.61 Å². The lowest BCUT2D eigenvalue weighted by Crippen LogP contribution is -2.52. The summed E-state index contributed by atoms with van der Waals surface area (Å²) in [7, 11) is 0. The molecule has 1 heterocycles. The third-order valence-corrected chi connectivity index (χ3v) is 3.48. The Hall–Kier alpha value is -0.550. The topological polar surface area (TPSA) is 9.23 Å². The summed E-state index contributed by atoms with van der Waals surface area (Å²) >= 11 is 3.25. The quantitative estimate of drug-likeness (QED) is 0.755. The molecule has 1 aliphatic rings. The van der Waals surface area contributed by atoms with Crippen molar-refractivity contribution >= 4 is 15.9 Å². The van der Waals surface area contributed by atoms with Crippen LogP contribution < -0.4 is 0 Å². The molecule has 2 rings (SSSR count). The lowest BCUT2D eigenvalue weighted by Gasteiger charge is -2.43. The summed E-state index contributed by atoms with van der Waals surface area (Å²) in [5.41, 5.74) is -0.936. The highest BCUT2D eigenvalue weighted by Gasteiger charge is 2.61. The van der Waals surface area contributed by atoms with E-state index in [4.69, 9.17) is 4.74 Å². The van der Waals surface area contributed by atoms with Crippen LogP contribution in [0.4, 0.5) is 13.2 Å². The average molecular weight is 295 g/mol. The van der Waals surface area contributed by atoms with Crippen molar-refractivity contribution in [2.24, 2.45) is 0 Å². The van der Waals surface area contributed by atoms with Gasteiger partial charge < -0.3 is 4.74 Å². The Morgan fingerprint density at radius 3 is 2.12 bits per heavy atom. The molecule has 0 bridgehead atoms. The van der Waals surface area contributed by atoms with E-state index in [1.165, 1.54) is 12.1 Å². The first-order chi connectivity index (χ1) is 7.49. The molecule has 1 fully saturated rings. The molecule has 0 N–H and O–H groups in total. The number of alkyl halides is 4. The summed E-state index contributed by atoms with van der Waals surface area (Å²) in [4.78, 5) is 0. The minimum Gasteiger partial charge on any atom is -0.361 e. The van der Waals surface area contributed by atoms with Crippen LogP contribution >= 0.6 is 15.9 Å². The standard InChI is InChI=1S/C11H10BrF3O/c12-7-8-1-3-9(4-2-8)10(5-6-16-10)11(13,14)15/h1-4H,5-7H2. The summed E-state index contributed by atoms with van der Waals surface area (Å²) in [6.07, 6.45) is -4.34. The highest BCUT2D eigenvalue weighted by molar-refractivity contribution is 9.08. The smallest absolute Gasteiger partial charge is 0.361 e. The molecule has 1 aliphatic heterocycles. The van der Waals surface area contributed by atoms with Gasteiger partial charge in [0.2, 0.25) is 0 Å². The molecule has 0 radical (unpaired) electrons. The molecule has 0 saturated carbocycles. The van der Waals surface area contributed by atoms with E-state index in [0.717, 1.165) is 5.56 Å². The van der Waals surface area contributed by atoms with Gasteiger partial charge >= 0.3 is 6.18 Å². The van der Waals surface area contributed by atoms with Gasteiger partial charge in [0.25, 0.3) is 0 Å². The van der Waals surface area contributed by atoms with Gasteiger partial charge in [-0.1, -0.05) is 40.2 Å². The molecule has 1 aromatic rings. The Labute approximate surface area is 99.7 Å². The van der Waals surface area contributed by atoms with E-state index in [1.54, 1.807) is 12.1 Å². The van der Waals surface area contributed by atoms with Crippen LogP contribution in [0.15, 0.2) is 24.3 Å². The maximum atomic E-state index is 12.9. The normalized spacial score (nSPS) is 25.2. The Kier molecular flexibility index (Phi) is 3.01. The van der Waals surface area contributed by atoms with Crippen molar-refractivity contribution < 1.29 is 17.9 Å². The predicted molar refractivity (Wildman–Crippen MR) is 57.4 cm³/mol. The fraction of sp³-hybridized carbons (Fsp3) is 0.455. The van der Waals surface area contributed by atoms with Gasteiger partial charge in [-0.3, -0.25) is 0 Å². The highest BCUT2D eigenvalue weighted by atomic mass is 79.9. The van der Waals surface area contributed by atoms with Gasteiger partial charge in [0.1, 0.15) is 0 Å². The van der Waals surface area contributed by atoms with Crippen molar-refractivity contribution in [2.75, 3.05) is 6.61 Å². The molecule has 0 aliphatic carbocycles. The van der Waals surface area contributed by atoms with Gasteiger partial charge in [0.15, 0.2) is 5.60 Å². The zero-order valence-electron chi connectivity index (χ0n) is 8.35. The van der Waals surface area contributed by atoms with Crippen LogP contribution in [0.5, 0.6) is 0 Å². The zero-order chi connectivity index (χ0) is 11.8. The molecule has 1 nitrogen and oxygen atoms in total. The molecule has 1 unspecified atom stereocenters. The molecule has 5 heteroatoms. The number of halogens is 4. The molecule has 1 aromatic carbocycles. The van der Waals surface area contributed by atoms with E-state index < -0.39 is 11.8 Å². The zero-order valence-corrected chi connectivity index (χ0v) is 9.94. The van der Waals surface area contributed by atoms with Crippen molar-refractivity contribution in [2.45, 2.75) is 23.5 Å². The summed E-state index contributed by atoms with van der Waals surface area (Å²) in [6, 6.07) is 6.34. The lowest BCUT2D eigenvalue weighted by molar-refractivity contribution is -0.333. The maximum Gasteiger partial charge on any atom is 0.421 e. The number of hydrogen-bond donors (Lipinski definition) is 0. The monoisotopic (exact) mass is 294 g/mol. The van der Waals surface area contributed by atoms with Crippen LogP contribution in [0.25, 0.3) is 0 Å². The largest absolute Gasteiger partial charge is 0.421 e. The molecule has 0 amide bonds. The first kappa shape index (κ1) is 11.9. The molecule has 16 heavy (non-hydrogen) atoms. The van der Waals surface area contributed by atoms with Crippen molar-refractivity contribution in [3.63, 3.8) is 0 Å². The summed E-state index contributed by atoms with van der Waals surface area (Å²) in [5.74, 6) is 0. The minimum absolute atomic E-state index is 0.00413. The van der Waals surface area contributed by atoms with E-state index in [1.807, 2.05) is 0 Å². The number of ether oxygens (including phenoxy) is 1. The number of rotatable bonds is 2. The first-order valence-corrected chi connectivity index (χ1v) is 5.98. The number of hydrogen-bond acceptors (Lipinski definition) is 1. The Morgan fingerprint density at radius 2 is 1.81 bits per heavy atom. The maximum absolute atomic E-state index is 12.9. The van der Waals surface area contributed by atoms with Crippen LogP contribution in [0.1, 0.15) is 17.5 Å². The van der Waals surface area contributed by atoms with Crippen LogP contribution in [-0.2, 0) is 15.7 Å². The van der Waals surface area contributed by atoms with Crippen molar-refractivity contribution in [3.05, 3.63) is 35.4 Å². The first-order valence-electron chi connectivity index (χ1n) is 4.86. The van der Waals surface area contributed by atoms with E-state index in [2.05, 4.69) is 15.9 Å². The molecule has 1 atom stereocenters. The number of benzene rings is 1. The minimum atomic E-state index is -4.35.